The van der Waals surface area contributed by atoms with E-state index in [1.165, 1.54) is 12.8 Å². The van der Waals surface area contributed by atoms with Crippen LogP contribution in [0.3, 0.4) is 0 Å². The molecule has 0 radical (unpaired) electrons. The minimum absolute atomic E-state index is 0.0688. The number of hydrogen-bond acceptors (Lipinski definition) is 5. The van der Waals surface area contributed by atoms with E-state index in [0.717, 1.165) is 12.8 Å². The normalized spacial score (nSPS) is 30.7. The van der Waals surface area contributed by atoms with Crippen LogP contribution in [0.5, 0.6) is 0 Å². The molecule has 0 aromatic heterocycles. The molecule has 102 valence electrons. The van der Waals surface area contributed by atoms with E-state index in [9.17, 15) is 15.3 Å². The van der Waals surface area contributed by atoms with Crippen LogP contribution in [-0.4, -0.2) is 59.6 Å². The molecule has 1 rings (SSSR count). The molecule has 5 nitrogen and oxygen atoms in total. The second-order valence-electron chi connectivity index (χ2n) is 4.56. The van der Waals surface area contributed by atoms with Crippen molar-refractivity contribution in [2.45, 2.75) is 57.0 Å². The molecule has 0 amide bonds. The van der Waals surface area contributed by atoms with E-state index < -0.39 is 24.4 Å². The van der Waals surface area contributed by atoms with E-state index in [0.29, 0.717) is 6.61 Å². The Hall–Kier alpha value is -0.200. The highest BCUT2D eigenvalue weighted by Crippen LogP contribution is 2.17. The molecule has 1 aliphatic rings. The Morgan fingerprint density at radius 2 is 2.06 bits per heavy atom. The van der Waals surface area contributed by atoms with Gasteiger partial charge in [-0.3, -0.25) is 0 Å². The van der Waals surface area contributed by atoms with E-state index in [4.69, 9.17) is 9.47 Å². The topological polar surface area (TPSA) is 79.2 Å². The molecule has 3 N–H and O–H groups in total. The first-order chi connectivity index (χ1) is 8.16. The molecular formula is C12H24O5. The van der Waals surface area contributed by atoms with Crippen molar-refractivity contribution in [1.29, 1.82) is 0 Å². The standard InChI is InChI=1S/C12H24O5/c1-2-3-4-5-6-16-7-10(14)12-11(15)9(13)8-17-12/h9-15H,2-8H2,1H3/t9-,10?,11?,12-/m1/s1. The lowest BCUT2D eigenvalue weighted by Crippen LogP contribution is -2.40. The quantitative estimate of drug-likeness (QED) is 0.530. The van der Waals surface area contributed by atoms with Gasteiger partial charge in [-0.05, 0) is 6.42 Å². The first-order valence-corrected chi connectivity index (χ1v) is 6.40. The Morgan fingerprint density at radius 3 is 2.65 bits per heavy atom. The van der Waals surface area contributed by atoms with Crippen LogP contribution in [-0.2, 0) is 9.47 Å². The van der Waals surface area contributed by atoms with E-state index >= 15 is 0 Å². The van der Waals surface area contributed by atoms with E-state index in [-0.39, 0.29) is 13.2 Å². The zero-order valence-electron chi connectivity index (χ0n) is 10.4. The van der Waals surface area contributed by atoms with Crippen LogP contribution in [0.1, 0.15) is 32.6 Å². The summed E-state index contributed by atoms with van der Waals surface area (Å²) in [7, 11) is 0. The van der Waals surface area contributed by atoms with Crippen molar-refractivity contribution in [3.63, 3.8) is 0 Å². The highest BCUT2D eigenvalue weighted by molar-refractivity contribution is 4.87. The van der Waals surface area contributed by atoms with E-state index in [1.807, 2.05) is 0 Å². The number of rotatable bonds is 8. The van der Waals surface area contributed by atoms with Gasteiger partial charge in [0.25, 0.3) is 0 Å². The Balaban J connectivity index is 2.07. The van der Waals surface area contributed by atoms with Crippen LogP contribution < -0.4 is 0 Å². The lowest BCUT2D eigenvalue weighted by atomic mass is 10.1. The van der Waals surface area contributed by atoms with E-state index in [2.05, 4.69) is 6.92 Å². The minimum atomic E-state index is -1.02. The van der Waals surface area contributed by atoms with Gasteiger partial charge in [0.15, 0.2) is 0 Å². The van der Waals surface area contributed by atoms with Crippen molar-refractivity contribution in [3.05, 3.63) is 0 Å². The third kappa shape index (κ3) is 4.89. The zero-order valence-corrected chi connectivity index (χ0v) is 10.4. The maximum atomic E-state index is 9.72. The number of ether oxygens (including phenoxy) is 2. The average Bonchev–Trinajstić information content (AvgIpc) is 2.64. The minimum Gasteiger partial charge on any atom is -0.388 e. The van der Waals surface area contributed by atoms with Gasteiger partial charge >= 0.3 is 0 Å². The number of unbranched alkanes of at least 4 members (excludes halogenated alkanes) is 3. The van der Waals surface area contributed by atoms with Gasteiger partial charge in [0.05, 0.1) is 13.2 Å². The van der Waals surface area contributed by atoms with Gasteiger partial charge in [0.1, 0.15) is 24.4 Å². The molecule has 4 atom stereocenters. The maximum absolute atomic E-state index is 9.72. The highest BCUT2D eigenvalue weighted by Gasteiger charge is 2.39. The van der Waals surface area contributed by atoms with E-state index in [1.54, 1.807) is 0 Å². The fourth-order valence-corrected chi connectivity index (χ4v) is 1.89. The summed E-state index contributed by atoms with van der Waals surface area (Å²) in [5.74, 6) is 0. The maximum Gasteiger partial charge on any atom is 0.114 e. The molecule has 5 heteroatoms. The molecular weight excluding hydrogens is 224 g/mol. The second-order valence-corrected chi connectivity index (χ2v) is 4.56. The molecule has 1 saturated heterocycles. The Bertz CT molecular complexity index is 199. The Morgan fingerprint density at radius 1 is 1.29 bits per heavy atom. The lowest BCUT2D eigenvalue weighted by molar-refractivity contribution is -0.0813. The summed E-state index contributed by atoms with van der Waals surface area (Å²) in [6.45, 7) is 2.97. The Kier molecular flexibility index (Phi) is 6.99. The van der Waals surface area contributed by atoms with Gasteiger partial charge in [-0.1, -0.05) is 26.2 Å². The predicted molar refractivity (Wildman–Crippen MR) is 62.7 cm³/mol. The Labute approximate surface area is 102 Å². The summed E-state index contributed by atoms with van der Waals surface area (Å²) in [5, 5.41) is 28.5. The van der Waals surface area contributed by atoms with Crippen molar-refractivity contribution in [2.24, 2.45) is 0 Å². The van der Waals surface area contributed by atoms with Crippen molar-refractivity contribution in [3.8, 4) is 0 Å². The van der Waals surface area contributed by atoms with Crippen molar-refractivity contribution < 1.29 is 24.8 Å². The predicted octanol–water partition coefficient (Wildman–Crippen LogP) is 0.0648. The SMILES string of the molecule is CCCCCCOCC(O)[C@H]1OC[C@@H](O)C1O. The summed E-state index contributed by atoms with van der Waals surface area (Å²) in [5.41, 5.74) is 0. The van der Waals surface area contributed by atoms with Crippen LogP contribution in [0, 0.1) is 0 Å². The molecule has 0 aromatic carbocycles. The van der Waals surface area contributed by atoms with Gasteiger partial charge in [-0.15, -0.1) is 0 Å². The first kappa shape index (κ1) is 14.9. The average molecular weight is 248 g/mol. The van der Waals surface area contributed by atoms with Crippen molar-refractivity contribution >= 4 is 0 Å². The third-order valence-corrected chi connectivity index (χ3v) is 3.00. The molecule has 1 aliphatic heterocycles. The molecule has 0 bridgehead atoms. The van der Waals surface area contributed by atoms with Crippen molar-refractivity contribution in [2.75, 3.05) is 19.8 Å². The highest BCUT2D eigenvalue weighted by atomic mass is 16.5. The molecule has 0 spiro atoms. The molecule has 1 fully saturated rings. The molecule has 2 unspecified atom stereocenters. The number of aliphatic hydroxyl groups is 3. The zero-order chi connectivity index (χ0) is 12.7. The van der Waals surface area contributed by atoms with Crippen LogP contribution in [0.25, 0.3) is 0 Å². The van der Waals surface area contributed by atoms with Gasteiger partial charge in [-0.25, -0.2) is 0 Å². The summed E-state index contributed by atoms with van der Waals surface area (Å²) >= 11 is 0. The molecule has 0 aliphatic carbocycles. The second kappa shape index (κ2) is 8.00. The van der Waals surface area contributed by atoms with Gasteiger partial charge in [-0.2, -0.15) is 0 Å². The summed E-state index contributed by atoms with van der Waals surface area (Å²) in [6, 6.07) is 0. The lowest BCUT2D eigenvalue weighted by Gasteiger charge is -2.20. The summed E-state index contributed by atoms with van der Waals surface area (Å²) in [4.78, 5) is 0. The number of aliphatic hydroxyl groups excluding tert-OH is 3. The third-order valence-electron chi connectivity index (χ3n) is 3.00. The van der Waals surface area contributed by atoms with Crippen LogP contribution in [0.2, 0.25) is 0 Å². The fourth-order valence-electron chi connectivity index (χ4n) is 1.89. The largest absolute Gasteiger partial charge is 0.388 e. The number of hydrogen-bond donors (Lipinski definition) is 3. The van der Waals surface area contributed by atoms with Crippen LogP contribution in [0.15, 0.2) is 0 Å². The first-order valence-electron chi connectivity index (χ1n) is 6.40. The summed E-state index contributed by atoms with van der Waals surface area (Å²) in [6.07, 6.45) is 0.956. The van der Waals surface area contributed by atoms with Crippen LogP contribution in [0.4, 0.5) is 0 Å². The molecule has 17 heavy (non-hydrogen) atoms. The molecule has 0 aromatic rings. The van der Waals surface area contributed by atoms with Crippen LogP contribution >= 0.6 is 0 Å². The molecule has 1 heterocycles. The summed E-state index contributed by atoms with van der Waals surface area (Å²) < 4.78 is 10.4. The van der Waals surface area contributed by atoms with Gasteiger partial charge < -0.3 is 24.8 Å². The van der Waals surface area contributed by atoms with Gasteiger partial charge in [0.2, 0.25) is 0 Å². The smallest absolute Gasteiger partial charge is 0.114 e. The molecule has 0 saturated carbocycles. The monoisotopic (exact) mass is 248 g/mol. The fraction of sp³-hybridized carbons (Fsp3) is 1.00. The van der Waals surface area contributed by atoms with Crippen molar-refractivity contribution in [1.82, 2.24) is 0 Å². The van der Waals surface area contributed by atoms with Gasteiger partial charge in [0, 0.05) is 6.61 Å².